The van der Waals surface area contributed by atoms with E-state index in [1.54, 1.807) is 5.38 Å². The molecule has 1 amide bonds. The molecule has 1 aromatic rings. The maximum atomic E-state index is 12.1. The number of hydrogen-bond donors (Lipinski definition) is 1. The fraction of sp³-hybridized carbons (Fsp3) is 0.583. The van der Waals surface area contributed by atoms with Crippen molar-refractivity contribution < 1.29 is 14.6 Å². The van der Waals surface area contributed by atoms with Crippen LogP contribution in [0.1, 0.15) is 23.0 Å². The number of carbonyl (C=O) groups excluding carboxylic acids is 1. The van der Waals surface area contributed by atoms with Crippen molar-refractivity contribution in [2.45, 2.75) is 13.3 Å². The average molecular weight is 255 g/mol. The Balaban J connectivity index is 1.90. The molecule has 1 aliphatic rings. The second-order valence-corrected chi connectivity index (χ2v) is 5.15. The average Bonchev–Trinajstić information content (AvgIpc) is 2.94. The molecule has 5 heteroatoms. The van der Waals surface area contributed by atoms with Crippen molar-refractivity contribution in [1.29, 1.82) is 0 Å². The summed E-state index contributed by atoms with van der Waals surface area (Å²) in [7, 11) is 0. The van der Waals surface area contributed by atoms with Crippen molar-refractivity contribution in [3.63, 3.8) is 0 Å². The van der Waals surface area contributed by atoms with E-state index >= 15 is 0 Å². The fourth-order valence-corrected chi connectivity index (χ4v) is 2.77. The van der Waals surface area contributed by atoms with Crippen molar-refractivity contribution in [2.75, 3.05) is 26.3 Å². The first-order valence-electron chi connectivity index (χ1n) is 5.85. The minimum Gasteiger partial charge on any atom is -0.507 e. The number of amides is 1. The molecule has 0 spiro atoms. The van der Waals surface area contributed by atoms with Gasteiger partial charge in [0.1, 0.15) is 5.75 Å². The highest BCUT2D eigenvalue weighted by Crippen LogP contribution is 2.24. The van der Waals surface area contributed by atoms with Gasteiger partial charge in [-0.15, -0.1) is 11.3 Å². The molecule has 4 nitrogen and oxygen atoms in total. The molecule has 2 heterocycles. The number of hydrogen-bond acceptors (Lipinski definition) is 4. The van der Waals surface area contributed by atoms with Crippen LogP contribution in [-0.4, -0.2) is 42.2 Å². The van der Waals surface area contributed by atoms with Crippen molar-refractivity contribution in [3.05, 3.63) is 16.3 Å². The van der Waals surface area contributed by atoms with Gasteiger partial charge in [0, 0.05) is 37.1 Å². The van der Waals surface area contributed by atoms with E-state index in [0.717, 1.165) is 32.7 Å². The summed E-state index contributed by atoms with van der Waals surface area (Å²) in [5.74, 6) is 0.644. The predicted octanol–water partition coefficient (Wildman–Crippen LogP) is 1.95. The molecule has 0 aliphatic carbocycles. The molecule has 1 N–H and O–H groups in total. The molecule has 1 atom stereocenters. The Morgan fingerprint density at radius 1 is 1.71 bits per heavy atom. The third-order valence-electron chi connectivity index (χ3n) is 2.93. The van der Waals surface area contributed by atoms with Crippen LogP contribution < -0.4 is 0 Å². The first kappa shape index (κ1) is 12.4. The third kappa shape index (κ3) is 2.98. The Morgan fingerprint density at radius 2 is 2.53 bits per heavy atom. The number of thiophene rings is 1. The van der Waals surface area contributed by atoms with Gasteiger partial charge in [-0.05, 0) is 13.3 Å². The highest BCUT2D eigenvalue weighted by atomic mass is 32.1. The summed E-state index contributed by atoms with van der Waals surface area (Å²) in [6, 6.07) is 1.53. The van der Waals surface area contributed by atoms with E-state index in [1.807, 2.05) is 11.8 Å². The standard InChI is InChI=1S/C12H17NO3S/c1-2-16-7-9-3-4-13(6-9)12(15)11-5-10(14)8-17-11/h5,8-9,14H,2-4,6-7H2,1H3/t9-/m0/s1. The minimum atomic E-state index is 0.0225. The highest BCUT2D eigenvalue weighted by molar-refractivity contribution is 7.12. The second-order valence-electron chi connectivity index (χ2n) is 4.23. The first-order chi connectivity index (χ1) is 8.20. The molecule has 0 bridgehead atoms. The van der Waals surface area contributed by atoms with E-state index in [0.29, 0.717) is 10.8 Å². The second kappa shape index (κ2) is 5.51. The van der Waals surface area contributed by atoms with Crippen LogP contribution in [0.15, 0.2) is 11.4 Å². The molecule has 0 radical (unpaired) electrons. The summed E-state index contributed by atoms with van der Waals surface area (Å²) in [5.41, 5.74) is 0. The fourth-order valence-electron chi connectivity index (χ4n) is 2.03. The van der Waals surface area contributed by atoms with E-state index in [1.165, 1.54) is 17.4 Å². The molecule has 17 heavy (non-hydrogen) atoms. The van der Waals surface area contributed by atoms with Crippen molar-refractivity contribution in [3.8, 4) is 5.75 Å². The summed E-state index contributed by atoms with van der Waals surface area (Å²) in [6.45, 7) is 4.98. The molecule has 94 valence electrons. The Hall–Kier alpha value is -1.07. The van der Waals surface area contributed by atoms with Crippen LogP contribution in [0.2, 0.25) is 0 Å². The number of carbonyl (C=O) groups is 1. The summed E-state index contributed by atoms with van der Waals surface area (Å²) >= 11 is 1.29. The van der Waals surface area contributed by atoms with Crippen LogP contribution in [0.3, 0.4) is 0 Å². The summed E-state index contributed by atoms with van der Waals surface area (Å²) in [5, 5.41) is 10.8. The number of rotatable bonds is 4. The van der Waals surface area contributed by atoms with E-state index in [-0.39, 0.29) is 11.7 Å². The maximum absolute atomic E-state index is 12.1. The Labute approximate surface area is 105 Å². The van der Waals surface area contributed by atoms with E-state index in [2.05, 4.69) is 0 Å². The predicted molar refractivity (Wildman–Crippen MR) is 66.5 cm³/mol. The van der Waals surface area contributed by atoms with Crippen molar-refractivity contribution in [1.82, 2.24) is 4.90 Å². The molecular formula is C12H17NO3S. The Bertz CT molecular complexity index is 391. The van der Waals surface area contributed by atoms with Gasteiger partial charge in [-0.3, -0.25) is 4.79 Å². The number of aromatic hydroxyl groups is 1. The van der Waals surface area contributed by atoms with Crippen LogP contribution in [0.5, 0.6) is 5.75 Å². The van der Waals surface area contributed by atoms with Crippen molar-refractivity contribution >= 4 is 17.2 Å². The molecule has 1 aromatic heterocycles. The van der Waals surface area contributed by atoms with Gasteiger partial charge in [-0.1, -0.05) is 0 Å². The van der Waals surface area contributed by atoms with E-state index in [9.17, 15) is 9.90 Å². The first-order valence-corrected chi connectivity index (χ1v) is 6.73. The summed E-state index contributed by atoms with van der Waals surface area (Å²) in [6.07, 6.45) is 1.00. The monoisotopic (exact) mass is 255 g/mol. The SMILES string of the molecule is CCOC[C@H]1CCN(C(=O)c2cc(O)cs2)C1. The lowest BCUT2D eigenvalue weighted by Gasteiger charge is -2.15. The lowest BCUT2D eigenvalue weighted by Crippen LogP contribution is -2.28. The molecule has 1 saturated heterocycles. The summed E-state index contributed by atoms with van der Waals surface area (Å²) < 4.78 is 5.38. The zero-order valence-corrected chi connectivity index (χ0v) is 10.7. The van der Waals surface area contributed by atoms with Crippen molar-refractivity contribution in [2.24, 2.45) is 5.92 Å². The highest BCUT2D eigenvalue weighted by Gasteiger charge is 2.27. The van der Waals surface area contributed by atoms with Gasteiger partial charge in [-0.25, -0.2) is 0 Å². The topological polar surface area (TPSA) is 49.8 Å². The normalized spacial score (nSPS) is 19.8. The lowest BCUT2D eigenvalue weighted by molar-refractivity contribution is 0.0767. The number of likely N-dealkylation sites (tertiary alicyclic amines) is 1. The molecule has 0 saturated carbocycles. The van der Waals surface area contributed by atoms with Crippen LogP contribution >= 0.6 is 11.3 Å². The van der Waals surface area contributed by atoms with Gasteiger partial charge in [0.25, 0.3) is 5.91 Å². The zero-order chi connectivity index (χ0) is 12.3. The quantitative estimate of drug-likeness (QED) is 0.894. The van der Waals surface area contributed by atoms with E-state index in [4.69, 9.17) is 4.74 Å². The van der Waals surface area contributed by atoms with Crippen LogP contribution in [0, 0.1) is 5.92 Å². The van der Waals surface area contributed by atoms with Gasteiger partial charge in [0.2, 0.25) is 0 Å². The maximum Gasteiger partial charge on any atom is 0.264 e. The molecule has 1 fully saturated rings. The van der Waals surface area contributed by atoms with Gasteiger partial charge < -0.3 is 14.7 Å². The minimum absolute atomic E-state index is 0.0225. The Morgan fingerprint density at radius 3 is 3.18 bits per heavy atom. The van der Waals surface area contributed by atoms with Crippen LogP contribution in [0.25, 0.3) is 0 Å². The Kier molecular flexibility index (Phi) is 4.02. The zero-order valence-electron chi connectivity index (χ0n) is 9.89. The largest absolute Gasteiger partial charge is 0.507 e. The van der Waals surface area contributed by atoms with Gasteiger partial charge in [-0.2, -0.15) is 0 Å². The number of nitrogens with zero attached hydrogens (tertiary/aromatic N) is 1. The van der Waals surface area contributed by atoms with Gasteiger partial charge in [0.15, 0.2) is 0 Å². The molecular weight excluding hydrogens is 238 g/mol. The lowest BCUT2D eigenvalue weighted by atomic mass is 10.1. The van der Waals surface area contributed by atoms with E-state index < -0.39 is 0 Å². The van der Waals surface area contributed by atoms with Gasteiger partial charge in [0.05, 0.1) is 11.5 Å². The molecule has 0 aromatic carbocycles. The van der Waals surface area contributed by atoms with Crippen LogP contribution in [-0.2, 0) is 4.74 Å². The smallest absolute Gasteiger partial charge is 0.264 e. The third-order valence-corrected chi connectivity index (χ3v) is 3.83. The summed E-state index contributed by atoms with van der Waals surface area (Å²) in [4.78, 5) is 14.5. The van der Waals surface area contributed by atoms with Crippen LogP contribution in [0.4, 0.5) is 0 Å². The number of ether oxygens (including phenoxy) is 1. The van der Waals surface area contributed by atoms with Gasteiger partial charge >= 0.3 is 0 Å². The molecule has 0 unspecified atom stereocenters. The molecule has 1 aliphatic heterocycles. The molecule has 2 rings (SSSR count).